The molecule has 2 N–H and O–H groups in total. The fourth-order valence-electron chi connectivity index (χ4n) is 2.23. The summed E-state index contributed by atoms with van der Waals surface area (Å²) < 4.78 is 5.16. The molecule has 0 bridgehead atoms. The van der Waals surface area contributed by atoms with Crippen LogP contribution in [0, 0.1) is 0 Å². The second-order valence-corrected chi connectivity index (χ2v) is 4.69. The van der Waals surface area contributed by atoms with Crippen LogP contribution >= 0.6 is 0 Å². The van der Waals surface area contributed by atoms with Gasteiger partial charge in [0.15, 0.2) is 0 Å². The Bertz CT molecular complexity index is 339. The highest BCUT2D eigenvalue weighted by Crippen LogP contribution is 2.30. The molecular formula is C13H20N2O. The minimum Gasteiger partial charge on any atom is -0.497 e. The number of methoxy groups -OCH3 is 1. The molecule has 1 aromatic carbocycles. The smallest absolute Gasteiger partial charge is 0.118 e. The third kappa shape index (κ3) is 2.20. The van der Waals surface area contributed by atoms with Crippen LogP contribution in [0.3, 0.4) is 0 Å². The number of hydrogen-bond donors (Lipinski definition) is 1. The van der Waals surface area contributed by atoms with Crippen LogP contribution in [0.1, 0.15) is 18.4 Å². The summed E-state index contributed by atoms with van der Waals surface area (Å²) in [6.45, 7) is 2.14. The molecule has 3 nitrogen and oxygen atoms in total. The molecule has 0 unspecified atom stereocenters. The molecule has 1 fully saturated rings. The first-order valence-corrected chi connectivity index (χ1v) is 5.76. The van der Waals surface area contributed by atoms with Crippen molar-refractivity contribution in [2.75, 3.05) is 27.2 Å². The Balaban J connectivity index is 2.16. The lowest BCUT2D eigenvalue weighted by molar-refractivity contribution is 0.191. The quantitative estimate of drug-likeness (QED) is 0.822. The van der Waals surface area contributed by atoms with Crippen LogP contribution in [0.5, 0.6) is 5.75 Å². The van der Waals surface area contributed by atoms with E-state index in [1.807, 2.05) is 12.1 Å². The average molecular weight is 220 g/mol. The fourth-order valence-corrected chi connectivity index (χ4v) is 2.23. The molecular weight excluding hydrogens is 200 g/mol. The Morgan fingerprint density at radius 1 is 1.19 bits per heavy atom. The largest absolute Gasteiger partial charge is 0.497 e. The van der Waals surface area contributed by atoms with Gasteiger partial charge in [-0.25, -0.2) is 0 Å². The van der Waals surface area contributed by atoms with E-state index in [-0.39, 0.29) is 5.54 Å². The Kier molecular flexibility index (Phi) is 3.17. The first-order valence-electron chi connectivity index (χ1n) is 5.76. The monoisotopic (exact) mass is 220 g/mol. The molecule has 0 amide bonds. The number of rotatable bonds is 2. The van der Waals surface area contributed by atoms with Crippen molar-refractivity contribution in [3.63, 3.8) is 0 Å². The number of ether oxygens (including phenoxy) is 1. The Morgan fingerprint density at radius 2 is 1.75 bits per heavy atom. The van der Waals surface area contributed by atoms with Gasteiger partial charge in [-0.3, -0.25) is 0 Å². The SMILES string of the molecule is COc1ccc(C2(N)CCN(C)CC2)cc1. The molecule has 88 valence electrons. The Morgan fingerprint density at radius 3 is 2.25 bits per heavy atom. The van der Waals surface area contributed by atoms with E-state index in [1.165, 1.54) is 5.56 Å². The van der Waals surface area contributed by atoms with E-state index in [1.54, 1.807) is 7.11 Å². The van der Waals surface area contributed by atoms with Gasteiger partial charge in [-0.15, -0.1) is 0 Å². The Hall–Kier alpha value is -1.06. The molecule has 1 saturated heterocycles. The van der Waals surface area contributed by atoms with Gasteiger partial charge >= 0.3 is 0 Å². The van der Waals surface area contributed by atoms with Gasteiger partial charge in [-0.2, -0.15) is 0 Å². The molecule has 3 heteroatoms. The van der Waals surface area contributed by atoms with E-state index < -0.39 is 0 Å². The van der Waals surface area contributed by atoms with Gasteiger partial charge < -0.3 is 15.4 Å². The van der Waals surface area contributed by atoms with Gasteiger partial charge in [0.25, 0.3) is 0 Å². The van der Waals surface area contributed by atoms with Crippen molar-refractivity contribution in [3.05, 3.63) is 29.8 Å². The number of nitrogens with two attached hydrogens (primary N) is 1. The van der Waals surface area contributed by atoms with E-state index in [4.69, 9.17) is 10.5 Å². The Labute approximate surface area is 97.2 Å². The average Bonchev–Trinajstić information content (AvgIpc) is 2.33. The molecule has 0 saturated carbocycles. The highest BCUT2D eigenvalue weighted by molar-refractivity contribution is 5.32. The maximum absolute atomic E-state index is 6.47. The topological polar surface area (TPSA) is 38.5 Å². The molecule has 0 aliphatic carbocycles. The molecule has 0 atom stereocenters. The molecule has 0 aromatic heterocycles. The van der Waals surface area contributed by atoms with Crippen LogP contribution in [0.2, 0.25) is 0 Å². The lowest BCUT2D eigenvalue weighted by Crippen LogP contribution is -2.46. The normalized spacial score (nSPS) is 20.7. The third-order valence-electron chi connectivity index (χ3n) is 3.54. The maximum Gasteiger partial charge on any atom is 0.118 e. The summed E-state index contributed by atoms with van der Waals surface area (Å²) in [6.07, 6.45) is 2.05. The minimum atomic E-state index is -0.154. The zero-order chi connectivity index (χ0) is 11.6. The standard InChI is InChI=1S/C13H20N2O/c1-15-9-7-13(14,8-10-15)11-3-5-12(16-2)6-4-11/h3-6H,7-10,14H2,1-2H3. The van der Waals surface area contributed by atoms with Crippen LogP contribution < -0.4 is 10.5 Å². The summed E-state index contributed by atoms with van der Waals surface area (Å²) in [5.74, 6) is 0.889. The molecule has 1 heterocycles. The zero-order valence-electron chi connectivity index (χ0n) is 10.1. The molecule has 1 aromatic rings. The molecule has 2 rings (SSSR count). The van der Waals surface area contributed by atoms with E-state index in [9.17, 15) is 0 Å². The molecule has 1 aliphatic heterocycles. The van der Waals surface area contributed by atoms with Crippen molar-refractivity contribution in [2.45, 2.75) is 18.4 Å². The van der Waals surface area contributed by atoms with Gasteiger partial charge in [-0.05, 0) is 50.7 Å². The lowest BCUT2D eigenvalue weighted by atomic mass is 9.82. The van der Waals surface area contributed by atoms with Crippen molar-refractivity contribution in [2.24, 2.45) is 5.73 Å². The van der Waals surface area contributed by atoms with Crippen molar-refractivity contribution < 1.29 is 4.74 Å². The number of benzene rings is 1. The third-order valence-corrected chi connectivity index (χ3v) is 3.54. The summed E-state index contributed by atoms with van der Waals surface area (Å²) in [6, 6.07) is 8.15. The molecule has 16 heavy (non-hydrogen) atoms. The van der Waals surface area contributed by atoms with Crippen LogP contribution in [-0.4, -0.2) is 32.1 Å². The molecule has 1 aliphatic rings. The van der Waals surface area contributed by atoms with E-state index in [2.05, 4.69) is 24.1 Å². The van der Waals surface area contributed by atoms with Gasteiger partial charge in [0, 0.05) is 5.54 Å². The predicted molar refractivity (Wildman–Crippen MR) is 65.6 cm³/mol. The maximum atomic E-state index is 6.47. The van der Waals surface area contributed by atoms with Gasteiger partial charge in [0.2, 0.25) is 0 Å². The van der Waals surface area contributed by atoms with Crippen LogP contribution in [0.25, 0.3) is 0 Å². The highest BCUT2D eigenvalue weighted by atomic mass is 16.5. The summed E-state index contributed by atoms with van der Waals surface area (Å²) in [5, 5.41) is 0. The second kappa shape index (κ2) is 4.44. The van der Waals surface area contributed by atoms with Gasteiger partial charge in [0.1, 0.15) is 5.75 Å². The first kappa shape index (κ1) is 11.4. The van der Waals surface area contributed by atoms with Crippen molar-refractivity contribution in [1.82, 2.24) is 4.90 Å². The summed E-state index contributed by atoms with van der Waals surface area (Å²) in [5.41, 5.74) is 7.54. The van der Waals surface area contributed by atoms with Crippen LogP contribution in [0.4, 0.5) is 0 Å². The van der Waals surface area contributed by atoms with E-state index in [0.717, 1.165) is 31.7 Å². The van der Waals surface area contributed by atoms with Gasteiger partial charge in [0.05, 0.1) is 7.11 Å². The van der Waals surface area contributed by atoms with Crippen molar-refractivity contribution in [1.29, 1.82) is 0 Å². The van der Waals surface area contributed by atoms with Crippen LogP contribution in [0.15, 0.2) is 24.3 Å². The number of hydrogen-bond acceptors (Lipinski definition) is 3. The van der Waals surface area contributed by atoms with E-state index in [0.29, 0.717) is 0 Å². The van der Waals surface area contributed by atoms with Crippen molar-refractivity contribution >= 4 is 0 Å². The lowest BCUT2D eigenvalue weighted by Gasteiger charge is -2.38. The molecule has 0 radical (unpaired) electrons. The van der Waals surface area contributed by atoms with Gasteiger partial charge in [-0.1, -0.05) is 12.1 Å². The number of piperidine rings is 1. The molecule has 0 spiro atoms. The summed E-state index contributed by atoms with van der Waals surface area (Å²) in [7, 11) is 3.83. The van der Waals surface area contributed by atoms with Crippen LogP contribution in [-0.2, 0) is 5.54 Å². The zero-order valence-corrected chi connectivity index (χ0v) is 10.1. The van der Waals surface area contributed by atoms with E-state index >= 15 is 0 Å². The second-order valence-electron chi connectivity index (χ2n) is 4.69. The number of likely N-dealkylation sites (tertiary alicyclic amines) is 1. The predicted octanol–water partition coefficient (Wildman–Crippen LogP) is 1.57. The summed E-state index contributed by atoms with van der Waals surface area (Å²) in [4.78, 5) is 2.33. The minimum absolute atomic E-state index is 0.154. The summed E-state index contributed by atoms with van der Waals surface area (Å²) >= 11 is 0. The van der Waals surface area contributed by atoms with Crippen molar-refractivity contribution in [3.8, 4) is 5.75 Å². The fraction of sp³-hybridized carbons (Fsp3) is 0.538. The number of nitrogens with zero attached hydrogens (tertiary/aromatic N) is 1. The first-order chi connectivity index (χ1) is 7.64. The highest BCUT2D eigenvalue weighted by Gasteiger charge is 2.30.